The molecule has 0 atom stereocenters. The lowest BCUT2D eigenvalue weighted by molar-refractivity contribution is 0.333. The Hall–Kier alpha value is -2.23. The molecule has 0 amide bonds. The molecule has 0 aliphatic rings. The Morgan fingerprint density at radius 2 is 1.81 bits per heavy atom. The van der Waals surface area contributed by atoms with Crippen LogP contribution in [0.3, 0.4) is 0 Å². The molecule has 0 saturated carbocycles. The van der Waals surface area contributed by atoms with E-state index in [4.69, 9.17) is 10.5 Å². The Morgan fingerprint density at radius 1 is 1.10 bits per heavy atom. The lowest BCUT2D eigenvalue weighted by atomic mass is 9.88. The topological polar surface area (TPSA) is 60.2 Å². The number of pyridine rings is 1. The Bertz CT molecular complexity index is 556. The van der Waals surface area contributed by atoms with Gasteiger partial charge in [0.1, 0.15) is 18.2 Å². The Morgan fingerprint density at radius 3 is 2.38 bits per heavy atom. The highest BCUT2D eigenvalue weighted by molar-refractivity contribution is 5.41. The number of rotatable bonds is 5. The van der Waals surface area contributed by atoms with Gasteiger partial charge in [-0.25, -0.2) is 4.98 Å². The van der Waals surface area contributed by atoms with Crippen molar-refractivity contribution in [3.63, 3.8) is 0 Å². The van der Waals surface area contributed by atoms with Crippen molar-refractivity contribution < 1.29 is 4.74 Å². The zero-order valence-corrected chi connectivity index (χ0v) is 12.9. The first-order valence-corrected chi connectivity index (χ1v) is 7.14. The van der Waals surface area contributed by atoms with E-state index in [9.17, 15) is 0 Å². The molecule has 1 aromatic carbocycles. The average molecular weight is 285 g/mol. The minimum Gasteiger partial charge on any atom is -0.492 e. The molecule has 3 N–H and O–H groups in total. The second-order valence-electron chi connectivity index (χ2n) is 6.03. The van der Waals surface area contributed by atoms with Crippen LogP contribution in [0.5, 0.6) is 5.75 Å². The summed E-state index contributed by atoms with van der Waals surface area (Å²) >= 11 is 0. The van der Waals surface area contributed by atoms with Crippen molar-refractivity contribution in [1.29, 1.82) is 0 Å². The van der Waals surface area contributed by atoms with Crippen molar-refractivity contribution >= 4 is 11.5 Å². The molecule has 0 bridgehead atoms. The number of benzene rings is 1. The van der Waals surface area contributed by atoms with Crippen molar-refractivity contribution in [3.8, 4) is 5.75 Å². The van der Waals surface area contributed by atoms with Crippen LogP contribution in [0.4, 0.5) is 11.5 Å². The number of hydrogen-bond acceptors (Lipinski definition) is 4. The highest BCUT2D eigenvalue weighted by atomic mass is 16.5. The van der Waals surface area contributed by atoms with Crippen LogP contribution in [0.1, 0.15) is 26.3 Å². The molecule has 0 saturated heterocycles. The monoisotopic (exact) mass is 285 g/mol. The predicted molar refractivity (Wildman–Crippen MR) is 87.8 cm³/mol. The van der Waals surface area contributed by atoms with Crippen LogP contribution in [-0.4, -0.2) is 18.1 Å². The van der Waals surface area contributed by atoms with Crippen LogP contribution in [0.25, 0.3) is 0 Å². The van der Waals surface area contributed by atoms with Gasteiger partial charge in [0, 0.05) is 11.9 Å². The van der Waals surface area contributed by atoms with Gasteiger partial charge in [0.15, 0.2) is 0 Å². The number of hydrogen-bond donors (Lipinski definition) is 2. The summed E-state index contributed by atoms with van der Waals surface area (Å²) in [7, 11) is 0. The average Bonchev–Trinajstić information content (AvgIpc) is 2.45. The summed E-state index contributed by atoms with van der Waals surface area (Å²) in [4.78, 5) is 4.42. The van der Waals surface area contributed by atoms with Gasteiger partial charge in [-0.15, -0.1) is 0 Å². The van der Waals surface area contributed by atoms with Gasteiger partial charge in [-0.1, -0.05) is 26.8 Å². The minimum absolute atomic E-state index is 0.129. The van der Waals surface area contributed by atoms with Gasteiger partial charge >= 0.3 is 0 Å². The number of nitrogen functional groups attached to an aromatic ring is 1. The zero-order valence-electron chi connectivity index (χ0n) is 12.9. The molecular formula is C17H23N3O. The molecule has 0 spiro atoms. The Kier molecular flexibility index (Phi) is 4.68. The van der Waals surface area contributed by atoms with Crippen LogP contribution >= 0.6 is 0 Å². The Labute approximate surface area is 126 Å². The molecule has 1 heterocycles. The molecule has 4 heteroatoms. The molecule has 1 aromatic heterocycles. The maximum atomic E-state index is 5.62. The molecular weight excluding hydrogens is 262 g/mol. The summed E-state index contributed by atoms with van der Waals surface area (Å²) in [6, 6.07) is 11.5. The third-order valence-electron chi connectivity index (χ3n) is 3.19. The van der Waals surface area contributed by atoms with Gasteiger partial charge < -0.3 is 15.8 Å². The van der Waals surface area contributed by atoms with E-state index in [-0.39, 0.29) is 5.41 Å². The van der Waals surface area contributed by atoms with Crippen LogP contribution < -0.4 is 15.8 Å². The lowest BCUT2D eigenvalue weighted by Crippen LogP contribution is -2.14. The molecule has 0 radical (unpaired) electrons. The van der Waals surface area contributed by atoms with Crippen LogP contribution in [0, 0.1) is 0 Å². The van der Waals surface area contributed by atoms with Crippen molar-refractivity contribution in [2.45, 2.75) is 26.2 Å². The number of anilines is 2. The largest absolute Gasteiger partial charge is 0.492 e. The summed E-state index contributed by atoms with van der Waals surface area (Å²) in [5, 5.41) is 3.24. The van der Waals surface area contributed by atoms with E-state index in [1.807, 2.05) is 36.5 Å². The number of ether oxygens (including phenoxy) is 1. The third kappa shape index (κ3) is 4.67. The maximum Gasteiger partial charge on any atom is 0.126 e. The molecule has 112 valence electrons. The van der Waals surface area contributed by atoms with E-state index < -0.39 is 0 Å². The Balaban J connectivity index is 1.77. The van der Waals surface area contributed by atoms with E-state index in [2.05, 4.69) is 37.1 Å². The van der Waals surface area contributed by atoms with Gasteiger partial charge in [-0.2, -0.15) is 0 Å². The van der Waals surface area contributed by atoms with Gasteiger partial charge in [0.05, 0.1) is 6.54 Å². The fourth-order valence-electron chi connectivity index (χ4n) is 1.85. The molecule has 2 aromatic rings. The van der Waals surface area contributed by atoms with Crippen molar-refractivity contribution in [2.75, 3.05) is 24.2 Å². The van der Waals surface area contributed by atoms with Crippen molar-refractivity contribution in [1.82, 2.24) is 4.98 Å². The van der Waals surface area contributed by atoms with E-state index in [0.29, 0.717) is 13.2 Å². The zero-order chi connectivity index (χ0) is 15.3. The van der Waals surface area contributed by atoms with Gasteiger partial charge in [0.25, 0.3) is 0 Å². The predicted octanol–water partition coefficient (Wildman–Crippen LogP) is 3.45. The SMILES string of the molecule is CC(C)(C)c1ccc(NCCOc2ccc(N)cc2)nc1. The van der Waals surface area contributed by atoms with Crippen molar-refractivity contribution in [3.05, 3.63) is 48.2 Å². The minimum atomic E-state index is 0.129. The highest BCUT2D eigenvalue weighted by Gasteiger charge is 2.13. The van der Waals surface area contributed by atoms with E-state index in [0.717, 1.165) is 17.3 Å². The standard InChI is InChI=1S/C17H23N3O/c1-17(2,3)13-4-9-16(20-12-13)19-10-11-21-15-7-5-14(18)6-8-15/h4-9,12H,10-11,18H2,1-3H3,(H,19,20). The maximum absolute atomic E-state index is 5.62. The molecule has 0 unspecified atom stereocenters. The first-order chi connectivity index (χ1) is 9.95. The third-order valence-corrected chi connectivity index (χ3v) is 3.19. The first kappa shape index (κ1) is 15.2. The molecule has 2 rings (SSSR count). The van der Waals surface area contributed by atoms with Crippen LogP contribution in [-0.2, 0) is 5.41 Å². The van der Waals surface area contributed by atoms with E-state index in [1.54, 1.807) is 0 Å². The number of nitrogens with zero attached hydrogens (tertiary/aromatic N) is 1. The lowest BCUT2D eigenvalue weighted by Gasteiger charge is -2.18. The fraction of sp³-hybridized carbons (Fsp3) is 0.353. The quantitative estimate of drug-likeness (QED) is 0.652. The number of aromatic nitrogens is 1. The molecule has 0 fully saturated rings. The van der Waals surface area contributed by atoms with Crippen LogP contribution in [0.2, 0.25) is 0 Å². The summed E-state index contributed by atoms with van der Waals surface area (Å²) in [5.41, 5.74) is 7.72. The van der Waals surface area contributed by atoms with Gasteiger partial charge in [-0.05, 0) is 41.3 Å². The normalized spacial score (nSPS) is 11.2. The molecule has 0 aliphatic heterocycles. The smallest absolute Gasteiger partial charge is 0.126 e. The summed E-state index contributed by atoms with van der Waals surface area (Å²) in [6.07, 6.45) is 1.92. The highest BCUT2D eigenvalue weighted by Crippen LogP contribution is 2.21. The van der Waals surface area contributed by atoms with Gasteiger partial charge in [0.2, 0.25) is 0 Å². The molecule has 4 nitrogen and oxygen atoms in total. The van der Waals surface area contributed by atoms with Crippen molar-refractivity contribution in [2.24, 2.45) is 0 Å². The second-order valence-corrected chi connectivity index (χ2v) is 6.03. The second kappa shape index (κ2) is 6.48. The summed E-state index contributed by atoms with van der Waals surface area (Å²) < 4.78 is 5.61. The number of nitrogens with one attached hydrogen (secondary N) is 1. The molecule has 0 aliphatic carbocycles. The number of nitrogens with two attached hydrogens (primary N) is 1. The molecule has 21 heavy (non-hydrogen) atoms. The summed E-state index contributed by atoms with van der Waals surface area (Å²) in [6.45, 7) is 7.81. The fourth-order valence-corrected chi connectivity index (χ4v) is 1.85. The van der Waals surface area contributed by atoms with E-state index in [1.165, 1.54) is 5.56 Å². The summed E-state index contributed by atoms with van der Waals surface area (Å²) in [5.74, 6) is 1.69. The van der Waals surface area contributed by atoms with Crippen LogP contribution in [0.15, 0.2) is 42.6 Å². The van der Waals surface area contributed by atoms with E-state index >= 15 is 0 Å². The first-order valence-electron chi connectivity index (χ1n) is 7.14. The van der Waals surface area contributed by atoms with Gasteiger partial charge in [-0.3, -0.25) is 0 Å².